The van der Waals surface area contributed by atoms with Crippen LogP contribution in [0.1, 0.15) is 0 Å². The molecule has 2 rings (SSSR count). The Labute approximate surface area is 99.0 Å². The molecule has 0 atom stereocenters. The third kappa shape index (κ3) is 2.28. The number of hydrogen-bond acceptors (Lipinski definition) is 3. The number of aromatic nitrogens is 2. The van der Waals surface area contributed by atoms with Crippen LogP contribution in [0.15, 0.2) is 54.3 Å². The summed E-state index contributed by atoms with van der Waals surface area (Å²) >= 11 is 1.57. The monoisotopic (exact) mass is 231 g/mol. The van der Waals surface area contributed by atoms with Gasteiger partial charge < -0.3 is 5.84 Å². The molecule has 0 aliphatic heterocycles. The first-order valence-electron chi connectivity index (χ1n) is 4.95. The zero-order valence-corrected chi connectivity index (χ0v) is 9.65. The summed E-state index contributed by atoms with van der Waals surface area (Å²) in [5.74, 6) is 6.63. The van der Waals surface area contributed by atoms with Crippen molar-refractivity contribution in [1.82, 2.24) is 9.66 Å². The molecule has 1 aromatic heterocycles. The molecule has 0 aliphatic carbocycles. The van der Waals surface area contributed by atoms with E-state index in [1.165, 1.54) is 0 Å². The maximum atomic E-state index is 5.82. The quantitative estimate of drug-likeness (QED) is 0.499. The summed E-state index contributed by atoms with van der Waals surface area (Å²) in [6, 6.07) is 9.99. The van der Waals surface area contributed by atoms with E-state index in [1.54, 1.807) is 16.4 Å². The molecule has 0 spiro atoms. The van der Waals surface area contributed by atoms with Crippen molar-refractivity contribution in [2.75, 3.05) is 11.6 Å². The van der Waals surface area contributed by atoms with E-state index < -0.39 is 0 Å². The van der Waals surface area contributed by atoms with Crippen LogP contribution in [0.25, 0.3) is 11.3 Å². The van der Waals surface area contributed by atoms with Crippen LogP contribution in [0.3, 0.4) is 0 Å². The highest BCUT2D eigenvalue weighted by Gasteiger charge is 2.06. The number of benzene rings is 1. The van der Waals surface area contributed by atoms with Crippen molar-refractivity contribution >= 4 is 11.8 Å². The Morgan fingerprint density at radius 2 is 2.12 bits per heavy atom. The van der Waals surface area contributed by atoms with Crippen molar-refractivity contribution in [1.29, 1.82) is 0 Å². The largest absolute Gasteiger partial charge is 0.337 e. The molecule has 2 N–H and O–H groups in total. The molecule has 16 heavy (non-hydrogen) atoms. The lowest BCUT2D eigenvalue weighted by Crippen LogP contribution is -2.07. The first-order chi connectivity index (χ1) is 7.81. The lowest BCUT2D eigenvalue weighted by atomic mass is 10.2. The van der Waals surface area contributed by atoms with Gasteiger partial charge in [0.1, 0.15) is 0 Å². The van der Waals surface area contributed by atoms with E-state index in [0.29, 0.717) is 0 Å². The summed E-state index contributed by atoms with van der Waals surface area (Å²) in [6.07, 6.45) is 3.67. The molecule has 1 heterocycles. The Morgan fingerprint density at radius 1 is 1.38 bits per heavy atom. The van der Waals surface area contributed by atoms with Gasteiger partial charge in [-0.2, -0.15) is 0 Å². The summed E-state index contributed by atoms with van der Waals surface area (Å²) in [5, 5.41) is 0.804. The number of nitrogens with two attached hydrogens (primary N) is 1. The SMILES string of the molecule is C=CCSc1nc(-c2ccccc2)cn1N. The molecule has 0 bridgehead atoms. The predicted molar refractivity (Wildman–Crippen MR) is 68.7 cm³/mol. The van der Waals surface area contributed by atoms with E-state index in [9.17, 15) is 0 Å². The van der Waals surface area contributed by atoms with Crippen LogP contribution in [0.4, 0.5) is 0 Å². The third-order valence-corrected chi connectivity index (χ3v) is 3.06. The fourth-order valence-corrected chi connectivity index (χ4v) is 2.00. The molecule has 0 radical (unpaired) electrons. The molecule has 3 nitrogen and oxygen atoms in total. The van der Waals surface area contributed by atoms with E-state index in [1.807, 2.05) is 42.6 Å². The van der Waals surface area contributed by atoms with Crippen molar-refractivity contribution in [2.24, 2.45) is 0 Å². The van der Waals surface area contributed by atoms with Gasteiger partial charge in [-0.1, -0.05) is 48.2 Å². The number of imidazole rings is 1. The lowest BCUT2D eigenvalue weighted by molar-refractivity contribution is 0.853. The van der Waals surface area contributed by atoms with Gasteiger partial charge in [0.2, 0.25) is 0 Å². The summed E-state index contributed by atoms with van der Waals surface area (Å²) in [5.41, 5.74) is 1.97. The van der Waals surface area contributed by atoms with Crippen molar-refractivity contribution < 1.29 is 0 Å². The van der Waals surface area contributed by atoms with E-state index in [4.69, 9.17) is 5.84 Å². The van der Waals surface area contributed by atoms with Crippen LogP contribution in [0.5, 0.6) is 0 Å². The van der Waals surface area contributed by atoms with Crippen molar-refractivity contribution in [3.05, 3.63) is 49.2 Å². The fraction of sp³-hybridized carbons (Fsp3) is 0.0833. The van der Waals surface area contributed by atoms with Crippen LogP contribution in [0, 0.1) is 0 Å². The summed E-state index contributed by atoms with van der Waals surface area (Å²) < 4.78 is 1.55. The van der Waals surface area contributed by atoms with Gasteiger partial charge in [-0.3, -0.25) is 0 Å². The van der Waals surface area contributed by atoms with Crippen LogP contribution in [0.2, 0.25) is 0 Å². The molecular formula is C12H13N3S. The van der Waals surface area contributed by atoms with Crippen molar-refractivity contribution in [2.45, 2.75) is 5.16 Å². The molecule has 1 aromatic carbocycles. The van der Waals surface area contributed by atoms with Gasteiger partial charge in [-0.25, -0.2) is 9.66 Å². The summed E-state index contributed by atoms with van der Waals surface area (Å²) in [4.78, 5) is 4.47. The van der Waals surface area contributed by atoms with E-state index in [2.05, 4.69) is 11.6 Å². The van der Waals surface area contributed by atoms with Gasteiger partial charge in [0.25, 0.3) is 0 Å². The van der Waals surface area contributed by atoms with Crippen LogP contribution < -0.4 is 5.84 Å². The number of nitrogen functional groups attached to an aromatic ring is 1. The first kappa shape index (κ1) is 10.8. The molecule has 0 fully saturated rings. The fourth-order valence-electron chi connectivity index (χ4n) is 1.36. The maximum absolute atomic E-state index is 5.82. The van der Waals surface area contributed by atoms with E-state index in [0.717, 1.165) is 22.2 Å². The topological polar surface area (TPSA) is 43.8 Å². The number of nitrogens with zero attached hydrogens (tertiary/aromatic N) is 2. The highest BCUT2D eigenvalue weighted by molar-refractivity contribution is 7.99. The minimum atomic E-state index is 0.804. The zero-order chi connectivity index (χ0) is 11.4. The van der Waals surface area contributed by atoms with E-state index in [-0.39, 0.29) is 0 Å². The molecule has 82 valence electrons. The standard InChI is InChI=1S/C12H13N3S/c1-2-8-16-12-14-11(9-15(12)13)10-6-4-3-5-7-10/h2-7,9H,1,8,13H2. The van der Waals surface area contributed by atoms with Crippen molar-refractivity contribution in [3.8, 4) is 11.3 Å². The summed E-state index contributed by atoms with van der Waals surface area (Å²) in [7, 11) is 0. The lowest BCUT2D eigenvalue weighted by Gasteiger charge is -1.96. The Bertz CT molecular complexity index is 476. The van der Waals surface area contributed by atoms with E-state index >= 15 is 0 Å². The molecule has 2 aromatic rings. The van der Waals surface area contributed by atoms with Gasteiger partial charge in [0.05, 0.1) is 11.9 Å². The Balaban J connectivity index is 2.27. The second kappa shape index (κ2) is 4.90. The highest BCUT2D eigenvalue weighted by Crippen LogP contribution is 2.22. The Kier molecular flexibility index (Phi) is 3.31. The van der Waals surface area contributed by atoms with Gasteiger partial charge in [0, 0.05) is 11.3 Å². The number of thioether (sulfide) groups is 1. The summed E-state index contributed by atoms with van der Waals surface area (Å²) in [6.45, 7) is 3.67. The Hall–Kier alpha value is -1.68. The molecule has 0 unspecified atom stereocenters. The van der Waals surface area contributed by atoms with Crippen LogP contribution in [-0.4, -0.2) is 15.4 Å². The third-order valence-electron chi connectivity index (χ3n) is 2.10. The van der Waals surface area contributed by atoms with Crippen LogP contribution in [-0.2, 0) is 0 Å². The van der Waals surface area contributed by atoms with Crippen LogP contribution >= 0.6 is 11.8 Å². The second-order valence-electron chi connectivity index (χ2n) is 3.28. The predicted octanol–water partition coefficient (Wildman–Crippen LogP) is 2.54. The second-order valence-corrected chi connectivity index (χ2v) is 4.27. The molecule has 4 heteroatoms. The smallest absolute Gasteiger partial charge is 0.187 e. The molecular weight excluding hydrogens is 218 g/mol. The molecule has 0 saturated heterocycles. The minimum Gasteiger partial charge on any atom is -0.337 e. The highest BCUT2D eigenvalue weighted by atomic mass is 32.2. The maximum Gasteiger partial charge on any atom is 0.187 e. The van der Waals surface area contributed by atoms with Gasteiger partial charge in [-0.05, 0) is 0 Å². The first-order valence-corrected chi connectivity index (χ1v) is 5.93. The minimum absolute atomic E-state index is 0.804. The zero-order valence-electron chi connectivity index (χ0n) is 8.84. The molecule has 0 aliphatic rings. The van der Waals surface area contributed by atoms with Gasteiger partial charge in [-0.15, -0.1) is 6.58 Å². The van der Waals surface area contributed by atoms with Crippen molar-refractivity contribution in [3.63, 3.8) is 0 Å². The average Bonchev–Trinajstić information content (AvgIpc) is 2.69. The normalized spacial score (nSPS) is 10.2. The van der Waals surface area contributed by atoms with Gasteiger partial charge >= 0.3 is 0 Å². The number of hydrogen-bond donors (Lipinski definition) is 1. The van der Waals surface area contributed by atoms with Gasteiger partial charge in [0.15, 0.2) is 5.16 Å². The Morgan fingerprint density at radius 3 is 2.81 bits per heavy atom. The average molecular weight is 231 g/mol. The number of rotatable bonds is 4. The molecule has 0 saturated carbocycles. The molecule has 0 amide bonds.